The SMILES string of the molecule is CCCOC(=O)[C@H](C)n1cnc2sc(C(=O)OCC(C)C)c(C)c2c1=O. The molecule has 0 fully saturated rings. The average molecular weight is 380 g/mol. The molecule has 0 radical (unpaired) electrons. The zero-order valence-electron chi connectivity index (χ0n) is 15.7. The van der Waals surface area contributed by atoms with Crippen molar-refractivity contribution >= 4 is 33.5 Å². The molecule has 2 aromatic heterocycles. The zero-order valence-corrected chi connectivity index (χ0v) is 16.5. The van der Waals surface area contributed by atoms with Gasteiger partial charge in [-0.05, 0) is 31.7 Å². The number of hydrogen-bond donors (Lipinski definition) is 0. The van der Waals surface area contributed by atoms with Crippen molar-refractivity contribution in [3.05, 3.63) is 27.1 Å². The third kappa shape index (κ3) is 4.12. The van der Waals surface area contributed by atoms with E-state index in [0.29, 0.717) is 40.3 Å². The summed E-state index contributed by atoms with van der Waals surface area (Å²) in [6, 6.07) is -0.790. The van der Waals surface area contributed by atoms with E-state index in [4.69, 9.17) is 9.47 Å². The van der Waals surface area contributed by atoms with Crippen molar-refractivity contribution < 1.29 is 19.1 Å². The van der Waals surface area contributed by atoms with Crippen molar-refractivity contribution in [2.75, 3.05) is 13.2 Å². The van der Waals surface area contributed by atoms with Gasteiger partial charge in [0.15, 0.2) is 0 Å². The molecule has 2 rings (SSSR count). The standard InChI is InChI=1S/C18H24N2O5S/c1-6-7-24-17(22)12(5)20-9-19-15-13(16(20)21)11(4)14(26-15)18(23)25-8-10(2)3/h9-10,12H,6-8H2,1-5H3/t12-/m0/s1. The summed E-state index contributed by atoms with van der Waals surface area (Å²) in [5, 5.41) is 0.337. The molecule has 0 saturated heterocycles. The van der Waals surface area contributed by atoms with Crippen LogP contribution >= 0.6 is 11.3 Å². The molecular formula is C18H24N2O5S. The number of hydrogen-bond acceptors (Lipinski definition) is 7. The summed E-state index contributed by atoms with van der Waals surface area (Å²) < 4.78 is 11.6. The fourth-order valence-electron chi connectivity index (χ4n) is 2.35. The number of ether oxygens (including phenoxy) is 2. The minimum atomic E-state index is -0.790. The second-order valence-electron chi connectivity index (χ2n) is 6.53. The highest BCUT2D eigenvalue weighted by molar-refractivity contribution is 7.20. The van der Waals surface area contributed by atoms with Crippen molar-refractivity contribution in [3.63, 3.8) is 0 Å². The topological polar surface area (TPSA) is 87.5 Å². The van der Waals surface area contributed by atoms with Crippen LogP contribution in [0.2, 0.25) is 0 Å². The number of aromatic nitrogens is 2. The largest absolute Gasteiger partial charge is 0.464 e. The molecule has 0 aromatic carbocycles. The predicted octanol–water partition coefficient (Wildman–Crippen LogP) is 3.09. The summed E-state index contributed by atoms with van der Waals surface area (Å²) in [7, 11) is 0. The van der Waals surface area contributed by atoms with Crippen LogP contribution in [-0.2, 0) is 14.3 Å². The van der Waals surface area contributed by atoms with Crippen LogP contribution < -0.4 is 5.56 Å². The first-order valence-electron chi connectivity index (χ1n) is 8.61. The van der Waals surface area contributed by atoms with Crippen LogP contribution in [0.3, 0.4) is 0 Å². The number of nitrogens with zero attached hydrogens (tertiary/aromatic N) is 2. The number of carbonyl (C=O) groups excluding carboxylic acids is 2. The van der Waals surface area contributed by atoms with Crippen LogP contribution in [-0.4, -0.2) is 34.7 Å². The normalized spacial score (nSPS) is 12.4. The van der Waals surface area contributed by atoms with Crippen LogP contribution in [0, 0.1) is 12.8 Å². The molecule has 7 nitrogen and oxygen atoms in total. The van der Waals surface area contributed by atoms with Gasteiger partial charge in [0.1, 0.15) is 15.7 Å². The molecule has 0 aliphatic carbocycles. The van der Waals surface area contributed by atoms with E-state index in [0.717, 1.165) is 11.3 Å². The number of carbonyl (C=O) groups is 2. The molecule has 0 aliphatic heterocycles. The molecule has 1 atom stereocenters. The second kappa shape index (κ2) is 8.44. The van der Waals surface area contributed by atoms with E-state index in [2.05, 4.69) is 4.98 Å². The van der Waals surface area contributed by atoms with Gasteiger partial charge in [-0.2, -0.15) is 0 Å². The lowest BCUT2D eigenvalue weighted by Gasteiger charge is -2.13. The quantitative estimate of drug-likeness (QED) is 0.686. The van der Waals surface area contributed by atoms with Crippen LogP contribution in [0.5, 0.6) is 0 Å². The molecule has 8 heteroatoms. The fourth-order valence-corrected chi connectivity index (χ4v) is 3.39. The molecule has 2 heterocycles. The maximum atomic E-state index is 12.8. The summed E-state index contributed by atoms with van der Waals surface area (Å²) in [5.74, 6) is -0.723. The number of fused-ring (bicyclic) bond motifs is 1. The Kier molecular flexibility index (Phi) is 6.52. The van der Waals surface area contributed by atoms with Crippen molar-refractivity contribution in [3.8, 4) is 0 Å². The van der Waals surface area contributed by atoms with Gasteiger partial charge in [-0.1, -0.05) is 20.8 Å². The lowest BCUT2D eigenvalue weighted by Crippen LogP contribution is -2.29. The molecular weight excluding hydrogens is 356 g/mol. The van der Waals surface area contributed by atoms with Crippen LogP contribution in [0.1, 0.15) is 55.4 Å². The van der Waals surface area contributed by atoms with Gasteiger partial charge in [0.25, 0.3) is 5.56 Å². The van der Waals surface area contributed by atoms with Crippen molar-refractivity contribution in [2.24, 2.45) is 5.92 Å². The molecule has 26 heavy (non-hydrogen) atoms. The van der Waals surface area contributed by atoms with Gasteiger partial charge in [0.05, 0.1) is 24.9 Å². The Morgan fingerprint density at radius 2 is 1.96 bits per heavy atom. The summed E-state index contributed by atoms with van der Waals surface area (Å²) in [5.41, 5.74) is 0.160. The molecule has 0 bridgehead atoms. The van der Waals surface area contributed by atoms with E-state index in [-0.39, 0.29) is 11.5 Å². The van der Waals surface area contributed by atoms with Gasteiger partial charge in [-0.25, -0.2) is 14.6 Å². The number of aryl methyl sites for hydroxylation is 1. The number of thiophene rings is 1. The lowest BCUT2D eigenvalue weighted by molar-refractivity contribution is -0.147. The van der Waals surface area contributed by atoms with Gasteiger partial charge in [0.2, 0.25) is 0 Å². The van der Waals surface area contributed by atoms with Gasteiger partial charge in [0, 0.05) is 0 Å². The maximum absolute atomic E-state index is 12.8. The number of esters is 2. The first-order valence-corrected chi connectivity index (χ1v) is 9.43. The Bertz CT molecular complexity index is 868. The van der Waals surface area contributed by atoms with Crippen LogP contribution in [0.4, 0.5) is 0 Å². The highest BCUT2D eigenvalue weighted by atomic mass is 32.1. The second-order valence-corrected chi connectivity index (χ2v) is 7.53. The smallest absolute Gasteiger partial charge is 0.348 e. The molecule has 0 aliphatic rings. The molecule has 0 amide bonds. The molecule has 0 saturated carbocycles. The van der Waals surface area contributed by atoms with Gasteiger partial charge >= 0.3 is 11.9 Å². The highest BCUT2D eigenvalue weighted by Gasteiger charge is 2.24. The Labute approximate surface area is 155 Å². The van der Waals surface area contributed by atoms with E-state index >= 15 is 0 Å². The molecule has 142 valence electrons. The van der Waals surface area contributed by atoms with Gasteiger partial charge < -0.3 is 9.47 Å². The lowest BCUT2D eigenvalue weighted by atomic mass is 10.2. The average Bonchev–Trinajstić information content (AvgIpc) is 2.94. The van der Waals surface area contributed by atoms with Gasteiger partial charge in [-0.3, -0.25) is 9.36 Å². The number of rotatable bonds is 7. The Hall–Kier alpha value is -2.22. The Morgan fingerprint density at radius 3 is 2.58 bits per heavy atom. The van der Waals surface area contributed by atoms with Crippen LogP contribution in [0.25, 0.3) is 10.2 Å². The van der Waals surface area contributed by atoms with Crippen molar-refractivity contribution in [2.45, 2.75) is 47.1 Å². The van der Waals surface area contributed by atoms with Crippen molar-refractivity contribution in [1.29, 1.82) is 0 Å². The monoisotopic (exact) mass is 380 g/mol. The summed E-state index contributed by atoms with van der Waals surface area (Å²) in [4.78, 5) is 42.2. The van der Waals surface area contributed by atoms with E-state index in [1.54, 1.807) is 13.8 Å². The summed E-state index contributed by atoms with van der Waals surface area (Å²) in [6.07, 6.45) is 2.03. The first kappa shape index (κ1) is 20.1. The highest BCUT2D eigenvalue weighted by Crippen LogP contribution is 2.28. The maximum Gasteiger partial charge on any atom is 0.348 e. The zero-order chi connectivity index (χ0) is 19.4. The van der Waals surface area contributed by atoms with E-state index in [1.807, 2.05) is 20.8 Å². The first-order chi connectivity index (χ1) is 12.3. The molecule has 0 N–H and O–H groups in total. The molecule has 2 aromatic rings. The Morgan fingerprint density at radius 1 is 1.27 bits per heavy atom. The van der Waals surface area contributed by atoms with Crippen LogP contribution in [0.15, 0.2) is 11.1 Å². The Balaban J connectivity index is 2.39. The fraction of sp³-hybridized carbons (Fsp3) is 0.556. The molecule has 0 unspecified atom stereocenters. The minimum Gasteiger partial charge on any atom is -0.464 e. The van der Waals surface area contributed by atoms with Crippen molar-refractivity contribution in [1.82, 2.24) is 9.55 Å². The predicted molar refractivity (Wildman–Crippen MR) is 99.7 cm³/mol. The third-order valence-electron chi connectivity index (χ3n) is 3.82. The molecule has 0 spiro atoms. The third-order valence-corrected chi connectivity index (χ3v) is 5.00. The van der Waals surface area contributed by atoms with E-state index in [9.17, 15) is 14.4 Å². The van der Waals surface area contributed by atoms with E-state index in [1.165, 1.54) is 10.9 Å². The van der Waals surface area contributed by atoms with Gasteiger partial charge in [-0.15, -0.1) is 11.3 Å². The summed E-state index contributed by atoms with van der Waals surface area (Å²) in [6.45, 7) is 9.69. The van der Waals surface area contributed by atoms with E-state index < -0.39 is 18.0 Å². The minimum absolute atomic E-state index is 0.221. The summed E-state index contributed by atoms with van der Waals surface area (Å²) >= 11 is 1.13.